The van der Waals surface area contributed by atoms with Gasteiger partial charge in [-0.15, -0.1) is 0 Å². The molecule has 0 saturated carbocycles. The zero-order valence-electron chi connectivity index (χ0n) is 17.6. The summed E-state index contributed by atoms with van der Waals surface area (Å²) in [6, 6.07) is 5.84. The third kappa shape index (κ3) is 5.63. The molecule has 0 radical (unpaired) electrons. The monoisotopic (exact) mass is 462 g/mol. The second-order valence-corrected chi connectivity index (χ2v) is 8.79. The van der Waals surface area contributed by atoms with Gasteiger partial charge >= 0.3 is 0 Å². The van der Waals surface area contributed by atoms with Crippen LogP contribution in [0.2, 0.25) is 10.0 Å². The number of nitrogens with two attached hydrogens (primary N) is 1. The zero-order chi connectivity index (χ0) is 22.4. The molecule has 0 spiro atoms. The Hall–Kier alpha value is -1.99. The molecule has 2 unspecified atom stereocenters. The second-order valence-electron chi connectivity index (χ2n) is 7.97. The van der Waals surface area contributed by atoms with E-state index in [9.17, 15) is 9.59 Å². The van der Waals surface area contributed by atoms with E-state index in [1.165, 1.54) is 6.21 Å². The molecule has 0 saturated heterocycles. The van der Waals surface area contributed by atoms with Crippen LogP contribution in [0.15, 0.2) is 47.1 Å². The number of amides is 1. The van der Waals surface area contributed by atoms with Crippen LogP contribution in [0.3, 0.4) is 0 Å². The fourth-order valence-electron chi connectivity index (χ4n) is 4.10. The highest BCUT2D eigenvalue weighted by Crippen LogP contribution is 2.31. The van der Waals surface area contributed by atoms with E-state index < -0.39 is 11.4 Å². The van der Waals surface area contributed by atoms with E-state index in [1.54, 1.807) is 6.20 Å². The van der Waals surface area contributed by atoms with Crippen LogP contribution in [0, 0.1) is 0 Å². The minimum atomic E-state index is -0.827. The number of hydrogen-bond acceptors (Lipinski definition) is 5. The number of halogens is 2. The number of nitrogens with one attached hydrogen (secondary N) is 1. The lowest BCUT2D eigenvalue weighted by molar-refractivity contribution is -0.122. The van der Waals surface area contributed by atoms with Gasteiger partial charge in [-0.2, -0.15) is 0 Å². The third-order valence-electron chi connectivity index (χ3n) is 5.96. The number of rotatable bonds is 10. The minimum Gasteiger partial charge on any atom is -0.366 e. The summed E-state index contributed by atoms with van der Waals surface area (Å²) in [6.07, 6.45) is 9.99. The number of hydrogen-bond donors (Lipinski definition) is 2. The van der Waals surface area contributed by atoms with Crippen LogP contribution >= 0.6 is 23.2 Å². The van der Waals surface area contributed by atoms with Crippen molar-refractivity contribution in [3.63, 3.8) is 0 Å². The summed E-state index contributed by atoms with van der Waals surface area (Å²) < 4.78 is 0. The van der Waals surface area contributed by atoms with Gasteiger partial charge in [-0.05, 0) is 56.0 Å². The van der Waals surface area contributed by atoms with E-state index in [-0.39, 0.29) is 11.8 Å². The lowest BCUT2D eigenvalue weighted by Crippen LogP contribution is -2.57. The summed E-state index contributed by atoms with van der Waals surface area (Å²) in [4.78, 5) is 30.6. The summed E-state index contributed by atoms with van der Waals surface area (Å²) in [5.74, 6) is -0.504. The molecule has 1 aromatic rings. The zero-order valence-corrected chi connectivity index (χ0v) is 19.1. The van der Waals surface area contributed by atoms with Gasteiger partial charge in [0.25, 0.3) is 0 Å². The van der Waals surface area contributed by atoms with Gasteiger partial charge in [-0.3, -0.25) is 19.5 Å². The molecule has 0 aliphatic carbocycles. The highest BCUT2D eigenvalue weighted by molar-refractivity contribution is 6.42. The smallest absolute Gasteiger partial charge is 0.245 e. The molecule has 3 N–H and O–H groups in total. The van der Waals surface area contributed by atoms with Crippen molar-refractivity contribution in [2.24, 2.45) is 10.7 Å². The summed E-state index contributed by atoms with van der Waals surface area (Å²) in [5, 5.41) is 4.72. The van der Waals surface area contributed by atoms with Crippen molar-refractivity contribution in [2.45, 2.75) is 44.2 Å². The van der Waals surface area contributed by atoms with Crippen LogP contribution in [-0.4, -0.2) is 54.0 Å². The number of Topliss-reactive ketones (excluding diaryl/α,β-unsaturated/α-hetero) is 1. The van der Waals surface area contributed by atoms with Crippen molar-refractivity contribution in [3.05, 3.63) is 57.7 Å². The highest BCUT2D eigenvalue weighted by Gasteiger charge is 2.44. The number of ketones is 1. The number of aliphatic imine (C=N–C) groups is 1. The van der Waals surface area contributed by atoms with Crippen molar-refractivity contribution in [2.75, 3.05) is 19.6 Å². The van der Waals surface area contributed by atoms with Crippen molar-refractivity contribution in [3.8, 4) is 0 Å². The lowest BCUT2D eigenvalue weighted by atomic mass is 9.83. The van der Waals surface area contributed by atoms with Crippen LogP contribution in [0.4, 0.5) is 0 Å². The molecule has 1 aromatic carbocycles. The first-order chi connectivity index (χ1) is 14.9. The minimum absolute atomic E-state index is 0.0647. The predicted octanol–water partition coefficient (Wildman–Crippen LogP) is 3.32. The van der Waals surface area contributed by atoms with Crippen LogP contribution in [0.5, 0.6) is 0 Å². The average Bonchev–Trinajstić information content (AvgIpc) is 3.25. The maximum absolute atomic E-state index is 13.0. The largest absolute Gasteiger partial charge is 0.366 e. The topological polar surface area (TPSA) is 87.8 Å². The maximum Gasteiger partial charge on any atom is 0.245 e. The van der Waals surface area contributed by atoms with Crippen LogP contribution in [-0.2, 0) is 16.0 Å². The Morgan fingerprint density at radius 1 is 1.35 bits per heavy atom. The summed E-state index contributed by atoms with van der Waals surface area (Å²) >= 11 is 12.1. The van der Waals surface area contributed by atoms with Gasteiger partial charge in [0.2, 0.25) is 5.91 Å². The second kappa shape index (κ2) is 10.6. The first-order valence-corrected chi connectivity index (χ1v) is 11.3. The van der Waals surface area contributed by atoms with E-state index in [0.717, 1.165) is 31.4 Å². The Balaban J connectivity index is 1.61. The SMILES string of the molecule is CCC(CC1(N2CC=C(C(N)=O)C2)C=CN=CC1=O)NCCCc1ccc(Cl)c(Cl)c1. The van der Waals surface area contributed by atoms with E-state index >= 15 is 0 Å². The Kier molecular flexibility index (Phi) is 8.06. The number of carbonyl (C=O) groups is 2. The van der Waals surface area contributed by atoms with Gasteiger partial charge < -0.3 is 11.1 Å². The Morgan fingerprint density at radius 2 is 2.16 bits per heavy atom. The van der Waals surface area contributed by atoms with Crippen LogP contribution in [0.25, 0.3) is 0 Å². The number of benzene rings is 1. The molecule has 0 bridgehead atoms. The number of carbonyl (C=O) groups excluding carboxylic acids is 2. The molecule has 2 atom stereocenters. The van der Waals surface area contributed by atoms with Crippen LogP contribution < -0.4 is 11.1 Å². The summed E-state index contributed by atoms with van der Waals surface area (Å²) in [5.41, 5.74) is 6.31. The molecule has 6 nitrogen and oxygen atoms in total. The Morgan fingerprint density at radius 3 is 2.81 bits per heavy atom. The normalized spacial score (nSPS) is 22.0. The quantitative estimate of drug-likeness (QED) is 0.522. The first-order valence-electron chi connectivity index (χ1n) is 10.5. The molecule has 2 aliphatic heterocycles. The van der Waals surface area contributed by atoms with Crippen molar-refractivity contribution in [1.82, 2.24) is 10.2 Å². The van der Waals surface area contributed by atoms with Crippen molar-refractivity contribution >= 4 is 41.1 Å². The lowest BCUT2D eigenvalue weighted by Gasteiger charge is -2.40. The summed E-state index contributed by atoms with van der Waals surface area (Å²) in [7, 11) is 0. The molecule has 1 amide bonds. The third-order valence-corrected chi connectivity index (χ3v) is 6.70. The van der Waals surface area contributed by atoms with Crippen molar-refractivity contribution in [1.29, 1.82) is 0 Å². The molecule has 2 heterocycles. The number of primary amides is 1. The first kappa shape index (κ1) is 23.7. The molecule has 166 valence electrons. The predicted molar refractivity (Wildman–Crippen MR) is 126 cm³/mol. The Bertz CT molecular complexity index is 928. The van der Waals surface area contributed by atoms with Gasteiger partial charge in [0, 0.05) is 30.9 Å². The molecule has 0 aromatic heterocycles. The number of aryl methyl sites for hydroxylation is 1. The van der Waals surface area contributed by atoms with Gasteiger partial charge in [0.05, 0.1) is 16.3 Å². The molecule has 3 rings (SSSR count). The van der Waals surface area contributed by atoms with Gasteiger partial charge in [0.15, 0.2) is 5.78 Å². The molecule has 2 aliphatic rings. The van der Waals surface area contributed by atoms with E-state index in [0.29, 0.717) is 35.1 Å². The van der Waals surface area contributed by atoms with Gasteiger partial charge in [-0.1, -0.05) is 42.3 Å². The standard InChI is InChI=1S/C23H28Cl2N4O2/c1-2-18(28-9-3-4-16-5-6-19(24)20(25)12-16)13-23(8-10-27-14-21(23)30)29-11-7-17(15-29)22(26)31/h5-8,10,12,14,18,28H,2-4,9,11,13,15H2,1H3,(H2,26,31). The fraction of sp³-hybridized carbons (Fsp3) is 0.435. The van der Waals surface area contributed by atoms with Crippen LogP contribution in [0.1, 0.15) is 31.7 Å². The number of nitrogens with zero attached hydrogens (tertiary/aromatic N) is 2. The summed E-state index contributed by atoms with van der Waals surface area (Å²) in [6.45, 7) is 3.79. The molecular weight excluding hydrogens is 435 g/mol. The maximum atomic E-state index is 13.0. The van der Waals surface area contributed by atoms with E-state index in [4.69, 9.17) is 28.9 Å². The average molecular weight is 463 g/mol. The van der Waals surface area contributed by atoms with Gasteiger partial charge in [-0.25, -0.2) is 0 Å². The molecule has 8 heteroatoms. The van der Waals surface area contributed by atoms with Crippen molar-refractivity contribution < 1.29 is 9.59 Å². The molecule has 0 fully saturated rings. The highest BCUT2D eigenvalue weighted by atomic mass is 35.5. The van der Waals surface area contributed by atoms with E-state index in [1.807, 2.05) is 35.3 Å². The fourth-order valence-corrected chi connectivity index (χ4v) is 4.42. The Labute approximate surface area is 193 Å². The molecule has 31 heavy (non-hydrogen) atoms. The van der Waals surface area contributed by atoms with Gasteiger partial charge in [0.1, 0.15) is 5.54 Å². The van der Waals surface area contributed by atoms with E-state index in [2.05, 4.69) is 17.2 Å². The molecular formula is C23H28Cl2N4O2.